The fourth-order valence-electron chi connectivity index (χ4n) is 5.35. The third-order valence-corrected chi connectivity index (χ3v) is 8.22. The number of halogens is 1. The zero-order chi connectivity index (χ0) is 26.2. The lowest BCUT2D eigenvalue weighted by Gasteiger charge is -2.34. The fourth-order valence-corrected chi connectivity index (χ4v) is 5.98. The van der Waals surface area contributed by atoms with Crippen LogP contribution in [0.4, 0.5) is 10.2 Å². The van der Waals surface area contributed by atoms with Crippen LogP contribution < -0.4 is 4.90 Å². The van der Waals surface area contributed by atoms with Crippen LogP contribution in [0.5, 0.6) is 0 Å². The maximum absolute atomic E-state index is 15.8. The van der Waals surface area contributed by atoms with E-state index in [1.54, 1.807) is 30.6 Å². The number of fused-ring (bicyclic) bond motifs is 1. The van der Waals surface area contributed by atoms with Crippen molar-refractivity contribution in [2.45, 2.75) is 43.4 Å². The number of nitrogens with zero attached hydrogens (tertiary/aromatic N) is 5. The molecule has 0 N–H and O–H groups in total. The van der Waals surface area contributed by atoms with Gasteiger partial charge in [-0.05, 0) is 67.2 Å². The number of ether oxygens (including phenoxy) is 2. The Labute approximate surface area is 224 Å². The minimum atomic E-state index is -1.46. The molecule has 5 heterocycles. The lowest BCUT2D eigenvalue weighted by molar-refractivity contribution is -0.0383. The number of morpholine rings is 1. The van der Waals surface area contributed by atoms with Crippen LogP contribution in [0.3, 0.4) is 0 Å². The normalized spacial score (nSPS) is 21.1. The first-order valence-corrected chi connectivity index (χ1v) is 14.5. The Kier molecular flexibility index (Phi) is 7.05. The van der Waals surface area contributed by atoms with Gasteiger partial charge in [0.15, 0.2) is 16.9 Å². The topological polar surface area (TPSA) is 88.4 Å². The molecule has 0 bridgehead atoms. The van der Waals surface area contributed by atoms with Crippen molar-refractivity contribution >= 4 is 27.9 Å². The summed E-state index contributed by atoms with van der Waals surface area (Å²) in [7, 11) is 0. The summed E-state index contributed by atoms with van der Waals surface area (Å²) in [5.41, 5.74) is 3.18. The van der Waals surface area contributed by atoms with Crippen LogP contribution in [-0.4, -0.2) is 63.0 Å². The van der Waals surface area contributed by atoms with Crippen LogP contribution in [0.1, 0.15) is 32.4 Å². The van der Waals surface area contributed by atoms with Crippen molar-refractivity contribution in [3.05, 3.63) is 54.6 Å². The summed E-state index contributed by atoms with van der Waals surface area (Å²) in [5, 5.41) is 5.34. The van der Waals surface area contributed by atoms with Gasteiger partial charge in [0.05, 0.1) is 24.9 Å². The third kappa shape index (κ3) is 4.55. The Balaban J connectivity index is 1.59. The number of hydrogen-bond donors (Lipinski definition) is 0. The van der Waals surface area contributed by atoms with Gasteiger partial charge in [-0.25, -0.2) is 14.1 Å². The maximum atomic E-state index is 15.8. The van der Waals surface area contributed by atoms with Crippen molar-refractivity contribution in [2.75, 3.05) is 37.5 Å². The molecule has 38 heavy (non-hydrogen) atoms. The van der Waals surface area contributed by atoms with Crippen molar-refractivity contribution in [3.63, 3.8) is 0 Å². The van der Waals surface area contributed by atoms with E-state index < -0.39 is 17.0 Å². The van der Waals surface area contributed by atoms with E-state index in [-0.39, 0.29) is 17.2 Å². The van der Waals surface area contributed by atoms with Gasteiger partial charge < -0.3 is 18.9 Å². The highest BCUT2D eigenvalue weighted by Crippen LogP contribution is 2.39. The predicted molar refractivity (Wildman–Crippen MR) is 145 cm³/mol. The van der Waals surface area contributed by atoms with E-state index in [1.165, 1.54) is 6.26 Å². The standard InChI is InChI=1S/C28H30FN5O3S/c1-18-17-36-15-13-33(18)24-16-21(19-6-5-7-23(26(19)29)38(2)35)20-9-11-30-28(27(20)32-24)22-10-12-31-34(22)25-8-3-4-14-37-25/h5-7,9-12,16,18,25H,3-4,8,13-15,17H2,1-2H3. The van der Waals surface area contributed by atoms with Crippen molar-refractivity contribution in [1.82, 2.24) is 19.7 Å². The number of rotatable bonds is 5. The van der Waals surface area contributed by atoms with Gasteiger partial charge in [0.25, 0.3) is 0 Å². The maximum Gasteiger partial charge on any atom is 0.188 e. The smallest absolute Gasteiger partial charge is 0.188 e. The van der Waals surface area contributed by atoms with Gasteiger partial charge in [-0.2, -0.15) is 5.10 Å². The van der Waals surface area contributed by atoms with Gasteiger partial charge >= 0.3 is 0 Å². The zero-order valence-electron chi connectivity index (χ0n) is 21.5. The monoisotopic (exact) mass is 535 g/mol. The van der Waals surface area contributed by atoms with E-state index in [4.69, 9.17) is 19.4 Å². The molecule has 2 saturated heterocycles. The molecule has 0 radical (unpaired) electrons. The lowest BCUT2D eigenvalue weighted by Crippen LogP contribution is -2.44. The Morgan fingerprint density at radius 3 is 2.79 bits per heavy atom. The molecule has 6 rings (SSSR count). The molecule has 4 aromatic rings. The van der Waals surface area contributed by atoms with Crippen LogP contribution in [0.2, 0.25) is 0 Å². The van der Waals surface area contributed by atoms with Crippen molar-refractivity contribution in [3.8, 4) is 22.5 Å². The SMILES string of the molecule is CC1COCCN1c1cc(-c2cccc([S+](C)[O-])c2F)c2ccnc(-c3ccnn3C3CCCCO3)c2n1. The number of aromatic nitrogens is 4. The first-order valence-electron chi connectivity index (χ1n) is 12.9. The minimum absolute atomic E-state index is 0.0992. The number of hydrogen-bond acceptors (Lipinski definition) is 7. The molecule has 3 unspecified atom stereocenters. The molecule has 0 aliphatic carbocycles. The second-order valence-corrected chi connectivity index (χ2v) is 11.1. The lowest BCUT2D eigenvalue weighted by atomic mass is 9.99. The zero-order valence-corrected chi connectivity index (χ0v) is 22.3. The number of benzene rings is 1. The molecule has 1 aromatic carbocycles. The van der Waals surface area contributed by atoms with Crippen LogP contribution in [0, 0.1) is 5.82 Å². The summed E-state index contributed by atoms with van der Waals surface area (Å²) < 4.78 is 41.6. The summed E-state index contributed by atoms with van der Waals surface area (Å²) in [6.07, 6.45) is 7.79. The number of anilines is 1. The Morgan fingerprint density at radius 2 is 2.00 bits per heavy atom. The van der Waals surface area contributed by atoms with E-state index in [0.29, 0.717) is 48.7 Å². The van der Waals surface area contributed by atoms with Gasteiger partial charge in [0, 0.05) is 36.5 Å². The van der Waals surface area contributed by atoms with Gasteiger partial charge in [0.1, 0.15) is 23.3 Å². The molecule has 198 valence electrons. The highest BCUT2D eigenvalue weighted by Gasteiger charge is 2.27. The molecule has 0 amide bonds. The molecule has 3 atom stereocenters. The van der Waals surface area contributed by atoms with Crippen LogP contribution in [0.25, 0.3) is 33.4 Å². The van der Waals surface area contributed by atoms with E-state index in [1.807, 2.05) is 22.9 Å². The second kappa shape index (κ2) is 10.6. The van der Waals surface area contributed by atoms with Gasteiger partial charge in [-0.3, -0.25) is 4.98 Å². The Bertz CT molecular complexity index is 1460. The summed E-state index contributed by atoms with van der Waals surface area (Å²) in [4.78, 5) is 12.2. The van der Waals surface area contributed by atoms with E-state index >= 15 is 4.39 Å². The van der Waals surface area contributed by atoms with Crippen LogP contribution in [0.15, 0.2) is 53.7 Å². The summed E-state index contributed by atoms with van der Waals surface area (Å²) in [5.74, 6) is 0.237. The third-order valence-electron chi connectivity index (χ3n) is 7.28. The van der Waals surface area contributed by atoms with Crippen molar-refractivity contribution < 1.29 is 18.4 Å². The average Bonchev–Trinajstić information content (AvgIpc) is 3.43. The summed E-state index contributed by atoms with van der Waals surface area (Å²) in [6, 6.07) is 10.9. The van der Waals surface area contributed by atoms with Crippen molar-refractivity contribution in [1.29, 1.82) is 0 Å². The summed E-state index contributed by atoms with van der Waals surface area (Å²) >= 11 is -1.46. The second-order valence-electron chi connectivity index (χ2n) is 9.76. The van der Waals surface area contributed by atoms with Crippen LogP contribution in [-0.2, 0) is 20.6 Å². The molecule has 10 heteroatoms. The number of pyridine rings is 2. The van der Waals surface area contributed by atoms with Gasteiger partial charge in [0.2, 0.25) is 0 Å². The van der Waals surface area contributed by atoms with Gasteiger partial charge in [-0.1, -0.05) is 12.1 Å². The highest BCUT2D eigenvalue weighted by atomic mass is 32.2. The first-order chi connectivity index (χ1) is 18.5. The van der Waals surface area contributed by atoms with E-state index in [0.717, 1.165) is 36.2 Å². The summed E-state index contributed by atoms with van der Waals surface area (Å²) in [6.45, 7) is 4.63. The van der Waals surface area contributed by atoms with Gasteiger partial charge in [-0.15, -0.1) is 0 Å². The highest BCUT2D eigenvalue weighted by molar-refractivity contribution is 7.90. The largest absolute Gasteiger partial charge is 0.612 e. The molecule has 2 aliphatic rings. The Hall–Kier alpha value is -3.05. The molecule has 0 spiro atoms. The average molecular weight is 536 g/mol. The van der Waals surface area contributed by atoms with E-state index in [2.05, 4.69) is 16.9 Å². The quantitative estimate of drug-likeness (QED) is 0.334. The fraction of sp³-hybridized carbons (Fsp3) is 0.393. The van der Waals surface area contributed by atoms with Crippen molar-refractivity contribution in [2.24, 2.45) is 0 Å². The minimum Gasteiger partial charge on any atom is -0.612 e. The molecule has 8 nitrogen and oxygen atoms in total. The molecule has 3 aromatic heterocycles. The molecule has 2 fully saturated rings. The molecular weight excluding hydrogens is 505 g/mol. The first kappa shape index (κ1) is 25.2. The molecule has 0 saturated carbocycles. The predicted octanol–water partition coefficient (Wildman–Crippen LogP) is 4.96. The molecular formula is C28H30FN5O3S. The van der Waals surface area contributed by atoms with E-state index in [9.17, 15) is 4.55 Å². The molecule has 2 aliphatic heterocycles. The van der Waals surface area contributed by atoms with Crippen LogP contribution >= 0.6 is 0 Å². The Morgan fingerprint density at radius 1 is 1.11 bits per heavy atom.